The van der Waals surface area contributed by atoms with E-state index in [0.29, 0.717) is 25.8 Å². The summed E-state index contributed by atoms with van der Waals surface area (Å²) < 4.78 is 10.4. The standard InChI is InChI=1S/C23H31N3O7.BrH/c1-3-33-23(31)18(11-8-15-6-9-16(32-2)10-7-15)24-17-12-13-20(27)25-14-4-5-19(22(29)30)26(25)21(17)28;/h6-7,9-10,17-19,24H,3-5,8,11-14H2,1-2H3,(H,29,30);1H/t17-,18-,19-;/m0./s1. The fraction of sp³-hybridized carbons (Fsp3) is 0.565. The largest absolute Gasteiger partial charge is 0.497 e. The van der Waals surface area contributed by atoms with Gasteiger partial charge in [-0.2, -0.15) is 0 Å². The summed E-state index contributed by atoms with van der Waals surface area (Å²) in [5, 5.41) is 15.0. The van der Waals surface area contributed by atoms with Gasteiger partial charge in [0.1, 0.15) is 11.8 Å². The van der Waals surface area contributed by atoms with Gasteiger partial charge in [0.05, 0.1) is 19.8 Å². The highest BCUT2D eigenvalue weighted by Gasteiger charge is 2.45. The molecule has 188 valence electrons. The molecule has 0 aliphatic carbocycles. The number of hydrazine groups is 1. The van der Waals surface area contributed by atoms with Gasteiger partial charge in [0.25, 0.3) is 5.91 Å². The van der Waals surface area contributed by atoms with E-state index in [-0.39, 0.29) is 48.8 Å². The maximum atomic E-state index is 13.3. The second-order valence-electron chi connectivity index (χ2n) is 8.15. The zero-order valence-corrected chi connectivity index (χ0v) is 21.1. The van der Waals surface area contributed by atoms with E-state index in [4.69, 9.17) is 9.47 Å². The number of amides is 2. The van der Waals surface area contributed by atoms with Crippen LogP contribution in [0.5, 0.6) is 5.75 Å². The van der Waals surface area contributed by atoms with Crippen molar-refractivity contribution in [1.82, 2.24) is 15.3 Å². The van der Waals surface area contributed by atoms with Gasteiger partial charge in [-0.3, -0.25) is 24.7 Å². The Labute approximate surface area is 209 Å². The van der Waals surface area contributed by atoms with Crippen LogP contribution in [0.1, 0.15) is 44.6 Å². The molecule has 0 spiro atoms. The van der Waals surface area contributed by atoms with E-state index in [9.17, 15) is 24.3 Å². The predicted octanol–water partition coefficient (Wildman–Crippen LogP) is 1.71. The highest BCUT2D eigenvalue weighted by atomic mass is 79.9. The van der Waals surface area contributed by atoms with Gasteiger partial charge in [0.15, 0.2) is 6.04 Å². The number of halogens is 1. The average Bonchev–Trinajstić information content (AvgIpc) is 2.93. The zero-order chi connectivity index (χ0) is 24.0. The summed E-state index contributed by atoms with van der Waals surface area (Å²) in [6, 6.07) is 4.72. The number of methoxy groups -OCH3 is 1. The van der Waals surface area contributed by atoms with Crippen LogP contribution in [0.3, 0.4) is 0 Å². The molecule has 2 saturated heterocycles. The third-order valence-electron chi connectivity index (χ3n) is 6.00. The maximum absolute atomic E-state index is 13.3. The van der Waals surface area contributed by atoms with Crippen LogP contribution in [0.4, 0.5) is 0 Å². The van der Waals surface area contributed by atoms with Crippen molar-refractivity contribution in [3.8, 4) is 5.75 Å². The van der Waals surface area contributed by atoms with Crippen molar-refractivity contribution >= 4 is 40.7 Å². The van der Waals surface area contributed by atoms with Crippen molar-refractivity contribution in [2.45, 2.75) is 63.6 Å². The van der Waals surface area contributed by atoms with Crippen molar-refractivity contribution < 1.29 is 33.8 Å². The van der Waals surface area contributed by atoms with E-state index in [0.717, 1.165) is 16.3 Å². The third-order valence-corrected chi connectivity index (χ3v) is 6.00. The Morgan fingerprint density at radius 2 is 1.91 bits per heavy atom. The summed E-state index contributed by atoms with van der Waals surface area (Å²) in [5.41, 5.74) is 0.988. The summed E-state index contributed by atoms with van der Waals surface area (Å²) >= 11 is 0. The minimum atomic E-state index is -1.15. The Hall–Kier alpha value is -2.66. The fourth-order valence-corrected chi connectivity index (χ4v) is 4.27. The van der Waals surface area contributed by atoms with Gasteiger partial charge in [-0.05, 0) is 56.7 Å². The molecular weight excluding hydrogens is 510 g/mol. The van der Waals surface area contributed by atoms with Gasteiger partial charge < -0.3 is 14.6 Å². The van der Waals surface area contributed by atoms with E-state index < -0.39 is 36.0 Å². The molecule has 1 aromatic rings. The number of aryl methyl sites for hydroxylation is 1. The smallest absolute Gasteiger partial charge is 0.328 e. The van der Waals surface area contributed by atoms with Crippen LogP contribution < -0.4 is 10.1 Å². The normalized spacial score (nSPS) is 21.1. The van der Waals surface area contributed by atoms with Gasteiger partial charge in [0.2, 0.25) is 5.91 Å². The first-order chi connectivity index (χ1) is 15.8. The number of hydrogen-bond acceptors (Lipinski definition) is 7. The predicted molar refractivity (Wildman–Crippen MR) is 127 cm³/mol. The highest BCUT2D eigenvalue weighted by molar-refractivity contribution is 8.93. The number of carboxylic acid groups (broad SMARTS) is 1. The zero-order valence-electron chi connectivity index (χ0n) is 19.4. The van der Waals surface area contributed by atoms with Crippen LogP contribution >= 0.6 is 17.0 Å². The quantitative estimate of drug-likeness (QED) is 0.452. The molecule has 0 saturated carbocycles. The van der Waals surface area contributed by atoms with E-state index in [2.05, 4.69) is 5.32 Å². The second-order valence-corrected chi connectivity index (χ2v) is 8.15. The van der Waals surface area contributed by atoms with Crippen molar-refractivity contribution in [2.24, 2.45) is 0 Å². The lowest BCUT2D eigenvalue weighted by atomic mass is 10.0. The summed E-state index contributed by atoms with van der Waals surface area (Å²) in [6.07, 6.45) is 1.97. The number of rotatable bonds is 9. The number of nitrogens with one attached hydrogen (secondary N) is 1. The van der Waals surface area contributed by atoms with Crippen molar-refractivity contribution in [3.63, 3.8) is 0 Å². The summed E-state index contributed by atoms with van der Waals surface area (Å²) in [7, 11) is 1.59. The molecular formula is C23H32BrN3O7. The molecule has 0 unspecified atom stereocenters. The lowest BCUT2D eigenvalue weighted by Gasteiger charge is -2.42. The lowest BCUT2D eigenvalue weighted by Crippen LogP contribution is -2.62. The molecule has 1 aromatic carbocycles. The first-order valence-corrected chi connectivity index (χ1v) is 11.3. The molecule has 3 rings (SSSR count). The summed E-state index contributed by atoms with van der Waals surface area (Å²) in [5.74, 6) is -1.70. The Kier molecular flexibility index (Phi) is 10.3. The number of aliphatic carboxylic acids is 1. The minimum Gasteiger partial charge on any atom is -0.497 e. The molecule has 0 bridgehead atoms. The number of esters is 1. The molecule has 2 heterocycles. The first kappa shape index (κ1) is 27.6. The Balaban J connectivity index is 0.00000408. The van der Waals surface area contributed by atoms with Crippen LogP contribution in [0, 0.1) is 0 Å². The molecule has 3 atom stereocenters. The van der Waals surface area contributed by atoms with Gasteiger partial charge in [-0.1, -0.05) is 12.1 Å². The average molecular weight is 542 g/mol. The number of carbonyl (C=O) groups excluding carboxylic acids is 3. The molecule has 2 aliphatic rings. The van der Waals surface area contributed by atoms with Gasteiger partial charge in [0, 0.05) is 13.0 Å². The Morgan fingerprint density at radius 3 is 2.53 bits per heavy atom. The number of carboxylic acids is 1. The SMILES string of the molecule is Br.CCOC(=O)[C@H](CCc1ccc(OC)cc1)N[C@H]1CCC(=O)N2CCC[C@@H](C(=O)O)N2C1=O. The van der Waals surface area contributed by atoms with Crippen molar-refractivity contribution in [3.05, 3.63) is 29.8 Å². The van der Waals surface area contributed by atoms with E-state index in [1.54, 1.807) is 14.0 Å². The van der Waals surface area contributed by atoms with Crippen LogP contribution in [0.25, 0.3) is 0 Å². The first-order valence-electron chi connectivity index (χ1n) is 11.3. The number of ether oxygens (including phenoxy) is 2. The minimum absolute atomic E-state index is 0. The maximum Gasteiger partial charge on any atom is 0.328 e. The molecule has 0 radical (unpaired) electrons. The van der Waals surface area contributed by atoms with Crippen LogP contribution in [-0.2, 0) is 30.3 Å². The summed E-state index contributed by atoms with van der Waals surface area (Å²) in [4.78, 5) is 50.4. The van der Waals surface area contributed by atoms with E-state index >= 15 is 0 Å². The van der Waals surface area contributed by atoms with Crippen LogP contribution in [-0.4, -0.2) is 77.3 Å². The van der Waals surface area contributed by atoms with Crippen molar-refractivity contribution in [2.75, 3.05) is 20.3 Å². The lowest BCUT2D eigenvalue weighted by molar-refractivity contribution is -0.181. The molecule has 11 heteroatoms. The van der Waals surface area contributed by atoms with Crippen LogP contribution in [0.15, 0.2) is 24.3 Å². The van der Waals surface area contributed by atoms with Gasteiger partial charge in [-0.25, -0.2) is 9.80 Å². The van der Waals surface area contributed by atoms with Crippen LogP contribution in [0.2, 0.25) is 0 Å². The molecule has 34 heavy (non-hydrogen) atoms. The molecule has 2 fully saturated rings. The van der Waals surface area contributed by atoms with Gasteiger partial charge >= 0.3 is 11.9 Å². The summed E-state index contributed by atoms with van der Waals surface area (Å²) in [6.45, 7) is 2.20. The Bertz CT molecular complexity index is 880. The number of nitrogens with zero attached hydrogens (tertiary/aromatic N) is 2. The van der Waals surface area contributed by atoms with E-state index in [1.165, 1.54) is 5.01 Å². The second kappa shape index (κ2) is 12.7. The molecule has 0 aromatic heterocycles. The number of benzene rings is 1. The van der Waals surface area contributed by atoms with Gasteiger partial charge in [-0.15, -0.1) is 17.0 Å². The molecule has 2 aliphatic heterocycles. The fourth-order valence-electron chi connectivity index (χ4n) is 4.27. The number of carbonyl (C=O) groups is 4. The third kappa shape index (κ3) is 6.47. The van der Waals surface area contributed by atoms with Crippen molar-refractivity contribution in [1.29, 1.82) is 0 Å². The van der Waals surface area contributed by atoms with E-state index in [1.807, 2.05) is 24.3 Å². The molecule has 10 nitrogen and oxygen atoms in total. The topological polar surface area (TPSA) is 125 Å². The molecule has 2 amide bonds. The highest BCUT2D eigenvalue weighted by Crippen LogP contribution is 2.25. The number of hydrogen-bond donors (Lipinski definition) is 2. The Morgan fingerprint density at radius 1 is 1.21 bits per heavy atom. The molecule has 2 N–H and O–H groups in total. The monoisotopic (exact) mass is 541 g/mol. The number of fused-ring (bicyclic) bond motifs is 1.